The maximum absolute atomic E-state index is 12.4. The van der Waals surface area contributed by atoms with Crippen molar-refractivity contribution >= 4 is 33.5 Å². The van der Waals surface area contributed by atoms with E-state index in [4.69, 9.17) is 18.0 Å². The van der Waals surface area contributed by atoms with E-state index in [1.165, 1.54) is 0 Å². The fourth-order valence-corrected chi connectivity index (χ4v) is 2.94. The van der Waals surface area contributed by atoms with E-state index in [1.807, 2.05) is 35.2 Å². The molecule has 0 saturated heterocycles. The number of nitrogens with two attached hydrogens (primary N) is 1. The van der Waals surface area contributed by atoms with E-state index in [1.54, 1.807) is 22.0 Å². The Balaban J connectivity index is 2.06. The SMILES string of the molecule is Cc1ccc(C(N)=S)c(=O)n1Cc1cn2ccsc2n1. The van der Waals surface area contributed by atoms with Crippen LogP contribution in [0.15, 0.2) is 34.7 Å². The summed E-state index contributed by atoms with van der Waals surface area (Å²) in [6.45, 7) is 2.29. The number of pyridine rings is 1. The zero-order chi connectivity index (χ0) is 14.3. The van der Waals surface area contributed by atoms with Crippen molar-refractivity contribution in [3.05, 3.63) is 57.2 Å². The highest BCUT2D eigenvalue weighted by Gasteiger charge is 2.11. The maximum Gasteiger partial charge on any atom is 0.261 e. The average Bonchev–Trinajstić information content (AvgIpc) is 2.94. The molecule has 0 bridgehead atoms. The molecule has 3 rings (SSSR count). The van der Waals surface area contributed by atoms with Gasteiger partial charge in [-0.1, -0.05) is 12.2 Å². The van der Waals surface area contributed by atoms with Crippen LogP contribution in [0.4, 0.5) is 0 Å². The molecule has 3 aromatic rings. The number of rotatable bonds is 3. The van der Waals surface area contributed by atoms with E-state index in [9.17, 15) is 4.79 Å². The van der Waals surface area contributed by atoms with Gasteiger partial charge in [-0.3, -0.25) is 9.20 Å². The van der Waals surface area contributed by atoms with Crippen LogP contribution in [0.2, 0.25) is 0 Å². The number of fused-ring (bicyclic) bond motifs is 1. The summed E-state index contributed by atoms with van der Waals surface area (Å²) < 4.78 is 3.58. The van der Waals surface area contributed by atoms with Crippen molar-refractivity contribution in [2.24, 2.45) is 5.73 Å². The van der Waals surface area contributed by atoms with Gasteiger partial charge in [0.05, 0.1) is 17.8 Å². The molecule has 0 aliphatic rings. The predicted molar refractivity (Wildman–Crippen MR) is 83.5 cm³/mol. The van der Waals surface area contributed by atoms with Gasteiger partial charge in [0, 0.05) is 23.5 Å². The molecule has 0 radical (unpaired) electrons. The summed E-state index contributed by atoms with van der Waals surface area (Å²) in [7, 11) is 0. The van der Waals surface area contributed by atoms with Crippen molar-refractivity contribution < 1.29 is 0 Å². The van der Waals surface area contributed by atoms with Crippen LogP contribution in [-0.4, -0.2) is 18.9 Å². The van der Waals surface area contributed by atoms with Gasteiger partial charge in [-0.05, 0) is 19.1 Å². The molecule has 0 spiro atoms. The van der Waals surface area contributed by atoms with Crippen molar-refractivity contribution in [1.82, 2.24) is 14.0 Å². The monoisotopic (exact) mass is 304 g/mol. The molecule has 0 atom stereocenters. The minimum atomic E-state index is -0.172. The number of imidazole rings is 1. The number of thiocarbonyl (C=S) groups is 1. The van der Waals surface area contributed by atoms with Crippen molar-refractivity contribution in [3.63, 3.8) is 0 Å². The van der Waals surface area contributed by atoms with Crippen molar-refractivity contribution in [2.45, 2.75) is 13.5 Å². The number of thiazole rings is 1. The quantitative estimate of drug-likeness (QED) is 0.746. The summed E-state index contributed by atoms with van der Waals surface area (Å²) >= 11 is 6.46. The number of hydrogen-bond acceptors (Lipinski definition) is 4. The Morgan fingerprint density at radius 3 is 3.00 bits per heavy atom. The molecule has 0 amide bonds. The molecule has 0 saturated carbocycles. The minimum absolute atomic E-state index is 0.120. The van der Waals surface area contributed by atoms with Gasteiger partial charge in [0.1, 0.15) is 4.99 Å². The van der Waals surface area contributed by atoms with Crippen LogP contribution < -0.4 is 11.3 Å². The Kier molecular flexibility index (Phi) is 3.15. The Labute approximate surface area is 124 Å². The molecule has 3 heterocycles. The highest BCUT2D eigenvalue weighted by atomic mass is 32.1. The topological polar surface area (TPSA) is 65.3 Å². The third kappa shape index (κ3) is 2.14. The molecule has 0 unspecified atom stereocenters. The van der Waals surface area contributed by atoms with Gasteiger partial charge in [0.25, 0.3) is 5.56 Å². The van der Waals surface area contributed by atoms with Crippen molar-refractivity contribution in [1.29, 1.82) is 0 Å². The maximum atomic E-state index is 12.4. The lowest BCUT2D eigenvalue weighted by molar-refractivity contribution is 0.715. The van der Waals surface area contributed by atoms with Crippen LogP contribution in [-0.2, 0) is 6.54 Å². The molecule has 0 fully saturated rings. The summed E-state index contributed by atoms with van der Waals surface area (Å²) in [5.41, 5.74) is 7.46. The average molecular weight is 304 g/mol. The summed E-state index contributed by atoms with van der Waals surface area (Å²) in [6, 6.07) is 3.51. The van der Waals surface area contributed by atoms with E-state index < -0.39 is 0 Å². The molecule has 3 aromatic heterocycles. The van der Waals surface area contributed by atoms with E-state index in [0.717, 1.165) is 16.3 Å². The molecular weight excluding hydrogens is 292 g/mol. The van der Waals surface area contributed by atoms with Crippen LogP contribution >= 0.6 is 23.6 Å². The highest BCUT2D eigenvalue weighted by molar-refractivity contribution is 7.80. The third-order valence-corrected chi connectivity index (χ3v) is 4.11. The van der Waals surface area contributed by atoms with E-state index in [-0.39, 0.29) is 10.5 Å². The van der Waals surface area contributed by atoms with Gasteiger partial charge < -0.3 is 10.3 Å². The summed E-state index contributed by atoms with van der Waals surface area (Å²) in [6.07, 6.45) is 3.86. The number of aryl methyl sites for hydroxylation is 1. The van der Waals surface area contributed by atoms with Gasteiger partial charge in [-0.2, -0.15) is 0 Å². The van der Waals surface area contributed by atoms with Gasteiger partial charge in [-0.15, -0.1) is 11.3 Å². The Hall–Kier alpha value is -1.99. The van der Waals surface area contributed by atoms with Crippen LogP contribution in [0, 0.1) is 6.92 Å². The zero-order valence-electron chi connectivity index (χ0n) is 10.7. The second-order valence-electron chi connectivity index (χ2n) is 4.47. The third-order valence-electron chi connectivity index (χ3n) is 3.12. The molecule has 0 aliphatic heterocycles. The number of nitrogens with zero attached hydrogens (tertiary/aromatic N) is 3. The van der Waals surface area contributed by atoms with Crippen molar-refractivity contribution in [2.75, 3.05) is 0 Å². The first kappa shape index (κ1) is 13.0. The molecule has 2 N–H and O–H groups in total. The summed E-state index contributed by atoms with van der Waals surface area (Å²) in [5.74, 6) is 0. The number of aromatic nitrogens is 3. The number of hydrogen-bond donors (Lipinski definition) is 1. The first-order valence-corrected chi connectivity index (χ1v) is 7.26. The van der Waals surface area contributed by atoms with E-state index in [0.29, 0.717) is 12.1 Å². The largest absolute Gasteiger partial charge is 0.389 e. The lowest BCUT2D eigenvalue weighted by atomic mass is 10.2. The highest BCUT2D eigenvalue weighted by Crippen LogP contribution is 2.12. The Morgan fingerprint density at radius 2 is 2.30 bits per heavy atom. The van der Waals surface area contributed by atoms with Crippen LogP contribution in [0.1, 0.15) is 17.0 Å². The van der Waals surface area contributed by atoms with Crippen molar-refractivity contribution in [3.8, 4) is 0 Å². The van der Waals surface area contributed by atoms with Crippen LogP contribution in [0.25, 0.3) is 4.96 Å². The molecule has 0 aliphatic carbocycles. The molecular formula is C13H12N4OS2. The smallest absolute Gasteiger partial charge is 0.261 e. The Bertz CT molecular complexity index is 830. The minimum Gasteiger partial charge on any atom is -0.389 e. The summed E-state index contributed by atoms with van der Waals surface area (Å²) in [4.78, 5) is 17.9. The van der Waals surface area contributed by atoms with E-state index in [2.05, 4.69) is 4.98 Å². The van der Waals surface area contributed by atoms with Crippen LogP contribution in [0.3, 0.4) is 0 Å². The normalized spacial score (nSPS) is 11.1. The lowest BCUT2D eigenvalue weighted by Gasteiger charge is -2.09. The summed E-state index contributed by atoms with van der Waals surface area (Å²) in [5, 5.41) is 1.97. The van der Waals surface area contributed by atoms with Gasteiger partial charge in [-0.25, -0.2) is 4.98 Å². The van der Waals surface area contributed by atoms with Gasteiger partial charge in [0.15, 0.2) is 4.96 Å². The molecule has 20 heavy (non-hydrogen) atoms. The fraction of sp³-hybridized carbons (Fsp3) is 0.154. The Morgan fingerprint density at radius 1 is 1.50 bits per heavy atom. The molecule has 7 heteroatoms. The first-order valence-electron chi connectivity index (χ1n) is 5.97. The molecule has 5 nitrogen and oxygen atoms in total. The fourth-order valence-electron chi connectivity index (χ4n) is 2.07. The zero-order valence-corrected chi connectivity index (χ0v) is 12.4. The molecule has 0 aromatic carbocycles. The second kappa shape index (κ2) is 4.84. The van der Waals surface area contributed by atoms with E-state index >= 15 is 0 Å². The molecule has 102 valence electrons. The predicted octanol–water partition coefficient (Wildman–Crippen LogP) is 1.55. The second-order valence-corrected chi connectivity index (χ2v) is 5.78. The van der Waals surface area contributed by atoms with Gasteiger partial charge in [0.2, 0.25) is 0 Å². The lowest BCUT2D eigenvalue weighted by Crippen LogP contribution is -2.30. The van der Waals surface area contributed by atoms with Gasteiger partial charge >= 0.3 is 0 Å². The van der Waals surface area contributed by atoms with Crippen LogP contribution in [0.5, 0.6) is 0 Å². The first-order chi connectivity index (χ1) is 9.56. The standard InChI is InChI=1S/C13H12N4OS2/c1-8-2-3-10(11(14)19)12(18)17(8)7-9-6-16-4-5-20-13(16)15-9/h2-6H,7H2,1H3,(H2,14,19).